The van der Waals surface area contributed by atoms with E-state index in [4.69, 9.17) is 0 Å². The molecular weight excluding hydrogens is 314 g/mol. The third-order valence-corrected chi connectivity index (χ3v) is 4.48. The lowest BCUT2D eigenvalue weighted by Crippen LogP contribution is -2.41. The van der Waals surface area contributed by atoms with Crippen molar-refractivity contribution in [2.75, 3.05) is 18.4 Å². The summed E-state index contributed by atoms with van der Waals surface area (Å²) in [6, 6.07) is 5.84. The maximum atomic E-state index is 12.4. The predicted molar refractivity (Wildman–Crippen MR) is 97.7 cm³/mol. The number of likely N-dealkylation sites (tertiary alicyclic amines) is 1. The molecule has 0 aliphatic carbocycles. The molecule has 1 aliphatic heterocycles. The van der Waals surface area contributed by atoms with Gasteiger partial charge in [-0.1, -0.05) is 19.9 Å². The molecule has 0 aromatic carbocycles. The van der Waals surface area contributed by atoms with Crippen LogP contribution in [0.5, 0.6) is 0 Å². The Bertz CT molecular complexity index is 746. The number of amides is 1. The summed E-state index contributed by atoms with van der Waals surface area (Å²) in [4.78, 5) is 27.8. The van der Waals surface area contributed by atoms with Crippen molar-refractivity contribution in [1.82, 2.24) is 19.9 Å². The minimum atomic E-state index is 0.0229. The molecule has 3 heterocycles. The van der Waals surface area contributed by atoms with Crippen LogP contribution in [0.4, 0.5) is 11.6 Å². The van der Waals surface area contributed by atoms with Crippen LogP contribution in [0.1, 0.15) is 44.0 Å². The van der Waals surface area contributed by atoms with Gasteiger partial charge in [-0.2, -0.15) is 0 Å². The van der Waals surface area contributed by atoms with E-state index in [9.17, 15) is 4.79 Å². The van der Waals surface area contributed by atoms with Crippen molar-refractivity contribution >= 4 is 17.5 Å². The average Bonchev–Trinajstić information content (AvgIpc) is 2.61. The van der Waals surface area contributed by atoms with Crippen LogP contribution in [0, 0.1) is 12.8 Å². The van der Waals surface area contributed by atoms with Crippen molar-refractivity contribution < 1.29 is 4.79 Å². The molecule has 2 aromatic rings. The summed E-state index contributed by atoms with van der Waals surface area (Å²) in [5.74, 6) is 1.91. The first-order valence-electron chi connectivity index (χ1n) is 8.85. The van der Waals surface area contributed by atoms with E-state index in [1.807, 2.05) is 43.9 Å². The summed E-state index contributed by atoms with van der Waals surface area (Å²) in [6.07, 6.45) is 5.40. The van der Waals surface area contributed by atoms with Crippen molar-refractivity contribution in [3.8, 4) is 0 Å². The van der Waals surface area contributed by atoms with Crippen LogP contribution in [0.15, 0.2) is 30.6 Å². The summed E-state index contributed by atoms with van der Waals surface area (Å²) in [5.41, 5.74) is 1.86. The van der Waals surface area contributed by atoms with Gasteiger partial charge in [0.1, 0.15) is 5.82 Å². The monoisotopic (exact) mass is 339 g/mol. The highest BCUT2D eigenvalue weighted by molar-refractivity contribution is 5.78. The van der Waals surface area contributed by atoms with Crippen molar-refractivity contribution in [2.24, 2.45) is 5.92 Å². The summed E-state index contributed by atoms with van der Waals surface area (Å²) in [5, 5.41) is 3.29. The molecule has 1 fully saturated rings. The van der Waals surface area contributed by atoms with Gasteiger partial charge >= 0.3 is 0 Å². The van der Waals surface area contributed by atoms with Gasteiger partial charge in [-0.15, -0.1) is 0 Å². The topological polar surface area (TPSA) is 71.0 Å². The molecule has 132 valence electrons. The first-order valence-corrected chi connectivity index (χ1v) is 8.85. The molecule has 0 bridgehead atoms. The van der Waals surface area contributed by atoms with Crippen molar-refractivity contribution in [3.05, 3.63) is 42.0 Å². The van der Waals surface area contributed by atoms with Gasteiger partial charge in [-0.05, 0) is 31.9 Å². The van der Waals surface area contributed by atoms with Crippen molar-refractivity contribution in [1.29, 1.82) is 0 Å². The summed E-state index contributed by atoms with van der Waals surface area (Å²) < 4.78 is 0. The maximum absolute atomic E-state index is 12.4. The first-order chi connectivity index (χ1) is 12.0. The molecular formula is C19H25N5O. The molecule has 0 saturated carbocycles. The number of carbonyl (C=O) groups is 1. The van der Waals surface area contributed by atoms with Crippen LogP contribution in [-0.2, 0) is 4.79 Å². The Morgan fingerprint density at radius 1 is 1.28 bits per heavy atom. The Morgan fingerprint density at radius 2 is 2.08 bits per heavy atom. The number of piperidine rings is 1. The highest BCUT2D eigenvalue weighted by atomic mass is 16.2. The van der Waals surface area contributed by atoms with Crippen LogP contribution in [0.3, 0.4) is 0 Å². The molecule has 1 saturated heterocycles. The summed E-state index contributed by atoms with van der Waals surface area (Å²) >= 11 is 0. The van der Waals surface area contributed by atoms with Gasteiger partial charge in [0.2, 0.25) is 5.91 Å². The van der Waals surface area contributed by atoms with E-state index < -0.39 is 0 Å². The lowest BCUT2D eigenvalue weighted by molar-refractivity contribution is -0.135. The first kappa shape index (κ1) is 17.3. The van der Waals surface area contributed by atoms with E-state index in [1.54, 1.807) is 12.4 Å². The SMILES string of the molecule is Cc1cccc(Nc2nccnc2C2CCCN(C(=O)C(C)C)C2)n1. The second-order valence-electron chi connectivity index (χ2n) is 6.86. The van der Waals surface area contributed by atoms with Gasteiger partial charge in [-0.25, -0.2) is 9.97 Å². The number of aryl methyl sites for hydroxylation is 1. The zero-order valence-corrected chi connectivity index (χ0v) is 15.1. The molecule has 1 atom stereocenters. The normalized spacial score (nSPS) is 17.6. The quantitative estimate of drug-likeness (QED) is 0.925. The zero-order valence-electron chi connectivity index (χ0n) is 15.1. The number of nitrogens with one attached hydrogen (secondary N) is 1. The molecule has 1 aliphatic rings. The number of hydrogen-bond donors (Lipinski definition) is 1. The fourth-order valence-electron chi connectivity index (χ4n) is 3.24. The Balaban J connectivity index is 1.81. The summed E-state index contributed by atoms with van der Waals surface area (Å²) in [6.45, 7) is 7.39. The molecule has 25 heavy (non-hydrogen) atoms. The standard InChI is InChI=1S/C19H25N5O/c1-13(2)19(25)24-11-5-7-15(12-24)17-18(21-10-9-20-17)23-16-8-4-6-14(3)22-16/h4,6,8-10,13,15H,5,7,11-12H2,1-3H3,(H,21,22,23). The van der Waals surface area contributed by atoms with Gasteiger partial charge in [-0.3, -0.25) is 9.78 Å². The average molecular weight is 339 g/mol. The third kappa shape index (κ3) is 4.13. The number of aromatic nitrogens is 3. The van der Waals surface area contributed by atoms with Crippen molar-refractivity contribution in [3.63, 3.8) is 0 Å². The molecule has 1 amide bonds. The molecule has 6 nitrogen and oxygen atoms in total. The van der Waals surface area contributed by atoms with Crippen LogP contribution in [0.25, 0.3) is 0 Å². The van der Waals surface area contributed by atoms with Crippen molar-refractivity contribution in [2.45, 2.75) is 39.5 Å². The number of carbonyl (C=O) groups excluding carboxylic acids is 1. The third-order valence-electron chi connectivity index (χ3n) is 4.48. The van der Waals surface area contributed by atoms with Crippen LogP contribution >= 0.6 is 0 Å². The van der Waals surface area contributed by atoms with Crippen LogP contribution in [-0.4, -0.2) is 38.8 Å². The van der Waals surface area contributed by atoms with E-state index in [-0.39, 0.29) is 17.7 Å². The molecule has 1 N–H and O–H groups in total. The smallest absolute Gasteiger partial charge is 0.225 e. The van der Waals surface area contributed by atoms with E-state index in [1.165, 1.54) is 0 Å². The number of anilines is 2. The summed E-state index contributed by atoms with van der Waals surface area (Å²) in [7, 11) is 0. The van der Waals surface area contributed by atoms with E-state index in [2.05, 4.69) is 20.3 Å². The van der Waals surface area contributed by atoms with E-state index in [0.717, 1.165) is 42.4 Å². The minimum absolute atomic E-state index is 0.0229. The minimum Gasteiger partial charge on any atom is -0.342 e. The van der Waals surface area contributed by atoms with Gasteiger partial charge in [0, 0.05) is 43.0 Å². The lowest BCUT2D eigenvalue weighted by Gasteiger charge is -2.34. The second kappa shape index (κ2) is 7.59. The number of rotatable bonds is 4. The van der Waals surface area contributed by atoms with Gasteiger partial charge in [0.15, 0.2) is 5.82 Å². The highest BCUT2D eigenvalue weighted by Crippen LogP contribution is 2.30. The molecule has 0 radical (unpaired) electrons. The van der Waals surface area contributed by atoms with E-state index in [0.29, 0.717) is 6.54 Å². The van der Waals surface area contributed by atoms with Crippen LogP contribution in [0.2, 0.25) is 0 Å². The number of pyridine rings is 1. The Kier molecular flexibility index (Phi) is 5.26. The molecule has 0 spiro atoms. The maximum Gasteiger partial charge on any atom is 0.225 e. The van der Waals surface area contributed by atoms with Crippen LogP contribution < -0.4 is 5.32 Å². The van der Waals surface area contributed by atoms with Gasteiger partial charge in [0.25, 0.3) is 0 Å². The number of nitrogens with zero attached hydrogens (tertiary/aromatic N) is 4. The van der Waals surface area contributed by atoms with Gasteiger partial charge < -0.3 is 10.2 Å². The largest absolute Gasteiger partial charge is 0.342 e. The number of hydrogen-bond acceptors (Lipinski definition) is 5. The fourth-order valence-corrected chi connectivity index (χ4v) is 3.24. The van der Waals surface area contributed by atoms with Gasteiger partial charge in [0.05, 0.1) is 5.69 Å². The van der Waals surface area contributed by atoms with E-state index >= 15 is 0 Å². The molecule has 2 aromatic heterocycles. The highest BCUT2D eigenvalue weighted by Gasteiger charge is 2.28. The second-order valence-corrected chi connectivity index (χ2v) is 6.86. The Morgan fingerprint density at radius 3 is 2.84 bits per heavy atom. The Labute approximate surface area is 148 Å². The Hall–Kier alpha value is -2.50. The zero-order chi connectivity index (χ0) is 17.8. The molecule has 6 heteroatoms. The fraction of sp³-hybridized carbons (Fsp3) is 0.474. The lowest BCUT2D eigenvalue weighted by atomic mass is 9.93. The molecule has 3 rings (SSSR count). The molecule has 1 unspecified atom stereocenters. The predicted octanol–water partition coefficient (Wildman–Crippen LogP) is 3.29.